The molecule has 0 bridgehead atoms. The van der Waals surface area contributed by atoms with Crippen molar-refractivity contribution in [3.63, 3.8) is 0 Å². The Hall–Kier alpha value is -0.830. The number of hydrazine groups is 1. The SMILES string of the molecule is C=CC(=O)C=CC(C)=CNN(C)P=S. The molecular formula is C9H13N2OPS. The fourth-order valence-electron chi connectivity index (χ4n) is 0.549. The van der Waals surface area contributed by atoms with Crippen LogP contribution in [0.25, 0.3) is 0 Å². The molecule has 0 spiro atoms. The third-order valence-electron chi connectivity index (χ3n) is 1.31. The zero-order chi connectivity index (χ0) is 11.0. The Morgan fingerprint density at radius 2 is 2.21 bits per heavy atom. The summed E-state index contributed by atoms with van der Waals surface area (Å²) < 4.78 is 1.72. The molecule has 0 aromatic carbocycles. The molecule has 0 amide bonds. The smallest absolute Gasteiger partial charge is 0.178 e. The van der Waals surface area contributed by atoms with Crippen molar-refractivity contribution in [3.05, 3.63) is 36.6 Å². The first kappa shape index (κ1) is 13.2. The molecule has 0 aromatic rings. The highest BCUT2D eigenvalue weighted by atomic mass is 32.4. The van der Waals surface area contributed by atoms with Crippen molar-refractivity contribution in [1.29, 1.82) is 0 Å². The number of carbonyl (C=O) groups is 1. The fraction of sp³-hybridized carbons (Fsp3) is 0.222. The maximum Gasteiger partial charge on any atom is 0.178 e. The average molecular weight is 228 g/mol. The van der Waals surface area contributed by atoms with Crippen LogP contribution >= 0.6 is 7.51 Å². The highest BCUT2D eigenvalue weighted by molar-refractivity contribution is 7.95. The molecule has 5 heteroatoms. The average Bonchev–Trinajstić information content (AvgIpc) is 2.22. The standard InChI is InChI=1S/C9H13N2OPS/c1-4-9(12)6-5-8(2)7-10-11(3)13-14/h4-7,10H,1H2,2-3H3. The zero-order valence-electron chi connectivity index (χ0n) is 8.23. The van der Waals surface area contributed by atoms with Crippen LogP contribution in [-0.2, 0) is 16.6 Å². The van der Waals surface area contributed by atoms with E-state index in [0.29, 0.717) is 7.51 Å². The number of allylic oxidation sites excluding steroid dienone is 4. The number of hydrogen-bond donors (Lipinski definition) is 1. The lowest BCUT2D eigenvalue weighted by Gasteiger charge is -2.07. The van der Waals surface area contributed by atoms with Crippen LogP contribution in [0.1, 0.15) is 6.92 Å². The van der Waals surface area contributed by atoms with Gasteiger partial charge in [0.1, 0.15) is 0 Å². The van der Waals surface area contributed by atoms with Crippen LogP contribution in [0.2, 0.25) is 0 Å². The highest BCUT2D eigenvalue weighted by Crippen LogP contribution is 1.98. The van der Waals surface area contributed by atoms with Gasteiger partial charge in [-0.15, -0.1) is 0 Å². The minimum atomic E-state index is -0.104. The first-order valence-corrected chi connectivity index (χ1v) is 5.80. The summed E-state index contributed by atoms with van der Waals surface area (Å²) in [4.78, 5) is 10.8. The molecule has 0 saturated heterocycles. The van der Waals surface area contributed by atoms with Gasteiger partial charge in [0.2, 0.25) is 0 Å². The van der Waals surface area contributed by atoms with Crippen LogP contribution in [0, 0.1) is 0 Å². The third-order valence-corrected chi connectivity index (χ3v) is 2.41. The molecule has 76 valence electrons. The van der Waals surface area contributed by atoms with Crippen molar-refractivity contribution in [2.75, 3.05) is 7.05 Å². The molecule has 0 unspecified atom stereocenters. The second-order valence-corrected chi connectivity index (χ2v) is 3.82. The predicted molar refractivity (Wildman–Crippen MR) is 63.3 cm³/mol. The van der Waals surface area contributed by atoms with Crippen LogP contribution in [0.3, 0.4) is 0 Å². The van der Waals surface area contributed by atoms with E-state index in [1.807, 2.05) is 14.0 Å². The lowest BCUT2D eigenvalue weighted by molar-refractivity contribution is -0.110. The summed E-state index contributed by atoms with van der Waals surface area (Å²) in [5.41, 5.74) is 3.88. The fourth-order valence-corrected chi connectivity index (χ4v) is 0.795. The van der Waals surface area contributed by atoms with E-state index in [-0.39, 0.29) is 5.78 Å². The van der Waals surface area contributed by atoms with E-state index in [4.69, 9.17) is 11.8 Å². The highest BCUT2D eigenvalue weighted by Gasteiger charge is 1.88. The number of hydrogen-bond acceptors (Lipinski definition) is 3. The molecule has 0 aliphatic heterocycles. The Labute approximate surface area is 91.0 Å². The van der Waals surface area contributed by atoms with Crippen molar-refractivity contribution < 1.29 is 4.79 Å². The molecule has 0 saturated carbocycles. The first-order valence-electron chi connectivity index (χ1n) is 3.94. The van der Waals surface area contributed by atoms with E-state index in [1.165, 1.54) is 12.2 Å². The molecular weight excluding hydrogens is 215 g/mol. The van der Waals surface area contributed by atoms with E-state index >= 15 is 0 Å². The minimum Gasteiger partial charge on any atom is -0.318 e. The summed E-state index contributed by atoms with van der Waals surface area (Å²) in [7, 11) is 2.55. The molecule has 0 atom stereocenters. The maximum atomic E-state index is 10.8. The normalized spacial score (nSPS) is 12.4. The minimum absolute atomic E-state index is 0.104. The largest absolute Gasteiger partial charge is 0.318 e. The van der Waals surface area contributed by atoms with Crippen molar-refractivity contribution in [1.82, 2.24) is 10.2 Å². The molecule has 0 rings (SSSR count). The lowest BCUT2D eigenvalue weighted by atomic mass is 10.2. The van der Waals surface area contributed by atoms with Crippen LogP contribution in [0.15, 0.2) is 36.6 Å². The second-order valence-electron chi connectivity index (χ2n) is 2.56. The Morgan fingerprint density at radius 1 is 1.57 bits per heavy atom. The Bertz CT molecular complexity index is 287. The molecule has 0 fully saturated rings. The molecule has 14 heavy (non-hydrogen) atoms. The summed E-state index contributed by atoms with van der Waals surface area (Å²) in [5.74, 6) is -0.104. The molecule has 0 aromatic heterocycles. The van der Waals surface area contributed by atoms with Gasteiger partial charge in [0, 0.05) is 13.2 Å². The summed E-state index contributed by atoms with van der Waals surface area (Å²) >= 11 is 4.77. The molecule has 0 radical (unpaired) electrons. The van der Waals surface area contributed by atoms with E-state index in [1.54, 1.807) is 17.1 Å². The number of nitrogens with one attached hydrogen (secondary N) is 1. The van der Waals surface area contributed by atoms with Crippen molar-refractivity contribution in [2.45, 2.75) is 6.92 Å². The Morgan fingerprint density at radius 3 is 2.71 bits per heavy atom. The molecule has 1 N–H and O–H groups in total. The van der Waals surface area contributed by atoms with Gasteiger partial charge in [0.25, 0.3) is 0 Å². The molecule has 0 heterocycles. The van der Waals surface area contributed by atoms with E-state index < -0.39 is 0 Å². The number of ketones is 1. The summed E-state index contributed by atoms with van der Waals surface area (Å²) in [6.45, 7) is 5.25. The molecule has 0 aliphatic rings. The van der Waals surface area contributed by atoms with Gasteiger partial charge in [-0.1, -0.05) is 12.7 Å². The van der Waals surface area contributed by atoms with Crippen molar-refractivity contribution >= 4 is 25.1 Å². The Kier molecular flexibility index (Phi) is 7.11. The van der Waals surface area contributed by atoms with Gasteiger partial charge in [0.05, 0.1) is 7.51 Å². The molecule has 3 nitrogen and oxygen atoms in total. The van der Waals surface area contributed by atoms with E-state index in [9.17, 15) is 4.79 Å². The number of nitrogens with zero attached hydrogens (tertiary/aromatic N) is 1. The van der Waals surface area contributed by atoms with Gasteiger partial charge in [-0.05, 0) is 36.5 Å². The quantitative estimate of drug-likeness (QED) is 0.326. The van der Waals surface area contributed by atoms with Crippen molar-refractivity contribution in [2.24, 2.45) is 0 Å². The van der Waals surface area contributed by atoms with E-state index in [0.717, 1.165) is 5.57 Å². The van der Waals surface area contributed by atoms with Crippen LogP contribution in [0.5, 0.6) is 0 Å². The summed E-state index contributed by atoms with van der Waals surface area (Å²) in [6, 6.07) is 0. The van der Waals surface area contributed by atoms with Gasteiger partial charge < -0.3 is 5.43 Å². The van der Waals surface area contributed by atoms with Crippen LogP contribution in [0.4, 0.5) is 0 Å². The van der Waals surface area contributed by atoms with Gasteiger partial charge in [-0.25, -0.2) is 0 Å². The van der Waals surface area contributed by atoms with Crippen LogP contribution < -0.4 is 5.43 Å². The number of rotatable bonds is 6. The molecule has 0 aliphatic carbocycles. The third kappa shape index (κ3) is 6.66. The van der Waals surface area contributed by atoms with Gasteiger partial charge in [-0.3, -0.25) is 4.79 Å². The Balaban J connectivity index is 4.12. The van der Waals surface area contributed by atoms with Gasteiger partial charge in [0.15, 0.2) is 5.78 Å². The lowest BCUT2D eigenvalue weighted by Crippen LogP contribution is -2.19. The van der Waals surface area contributed by atoms with Crippen molar-refractivity contribution in [3.8, 4) is 0 Å². The topological polar surface area (TPSA) is 32.3 Å². The second kappa shape index (κ2) is 7.56. The summed E-state index contributed by atoms with van der Waals surface area (Å²) in [5, 5.41) is 0. The van der Waals surface area contributed by atoms with Gasteiger partial charge >= 0.3 is 0 Å². The summed E-state index contributed by atoms with van der Waals surface area (Å²) in [6.07, 6.45) is 6.22. The monoisotopic (exact) mass is 228 g/mol. The maximum absolute atomic E-state index is 10.8. The number of carbonyl (C=O) groups excluding carboxylic acids is 1. The first-order chi connectivity index (χ1) is 6.60. The van der Waals surface area contributed by atoms with Gasteiger partial charge in [-0.2, -0.15) is 4.78 Å². The predicted octanol–water partition coefficient (Wildman–Crippen LogP) is 1.96. The van der Waals surface area contributed by atoms with E-state index in [2.05, 4.69) is 12.0 Å². The van der Waals surface area contributed by atoms with Crippen LogP contribution in [-0.4, -0.2) is 17.6 Å². The zero-order valence-corrected chi connectivity index (χ0v) is 9.94.